The predicted octanol–water partition coefficient (Wildman–Crippen LogP) is 2.66. The van der Waals surface area contributed by atoms with Crippen molar-refractivity contribution < 1.29 is 0 Å². The van der Waals surface area contributed by atoms with Crippen LogP contribution in [0.2, 0.25) is 0 Å². The molecule has 0 fully saturated rings. The highest BCUT2D eigenvalue weighted by atomic mass is 14.8. The minimum Gasteiger partial charge on any atom is -0.290 e. The summed E-state index contributed by atoms with van der Waals surface area (Å²) in [5.41, 5.74) is 1.08. The lowest BCUT2D eigenvalue weighted by Crippen LogP contribution is -2.01. The van der Waals surface area contributed by atoms with Gasteiger partial charge in [-0.25, -0.2) is 0 Å². The molecule has 1 nitrogen and oxygen atoms in total. The SMILES string of the molecule is C#CCC(C)=NC(C)CCC. The lowest BCUT2D eigenvalue weighted by Gasteiger charge is -2.04. The molecule has 11 heavy (non-hydrogen) atoms. The lowest BCUT2D eigenvalue weighted by molar-refractivity contribution is 0.654. The Balaban J connectivity index is 3.78. The molecule has 0 heterocycles. The molecule has 62 valence electrons. The molecule has 0 aliphatic heterocycles. The van der Waals surface area contributed by atoms with Crippen LogP contribution >= 0.6 is 0 Å². The van der Waals surface area contributed by atoms with Crippen molar-refractivity contribution >= 4 is 5.71 Å². The smallest absolute Gasteiger partial charge is 0.0471 e. The summed E-state index contributed by atoms with van der Waals surface area (Å²) in [6.07, 6.45) is 8.18. The third kappa shape index (κ3) is 5.66. The molecule has 0 aromatic heterocycles. The first-order chi connectivity index (χ1) is 5.20. The topological polar surface area (TPSA) is 12.4 Å². The predicted molar refractivity (Wildman–Crippen MR) is 50.9 cm³/mol. The van der Waals surface area contributed by atoms with Gasteiger partial charge in [0.05, 0.1) is 0 Å². The molecule has 1 heteroatoms. The van der Waals surface area contributed by atoms with Crippen LogP contribution in [-0.2, 0) is 0 Å². The highest BCUT2D eigenvalue weighted by Crippen LogP contribution is 2.01. The van der Waals surface area contributed by atoms with Gasteiger partial charge in [-0.05, 0) is 20.3 Å². The van der Waals surface area contributed by atoms with E-state index in [9.17, 15) is 0 Å². The Morgan fingerprint density at radius 1 is 1.64 bits per heavy atom. The lowest BCUT2D eigenvalue weighted by atomic mass is 10.2. The molecule has 0 saturated heterocycles. The van der Waals surface area contributed by atoms with Crippen molar-refractivity contribution in [3.63, 3.8) is 0 Å². The number of hydrogen-bond donors (Lipinski definition) is 0. The van der Waals surface area contributed by atoms with Crippen LogP contribution < -0.4 is 0 Å². The molecule has 0 saturated carbocycles. The minimum atomic E-state index is 0.438. The quantitative estimate of drug-likeness (QED) is 0.432. The first-order valence-corrected chi connectivity index (χ1v) is 4.17. The maximum Gasteiger partial charge on any atom is 0.0471 e. The van der Waals surface area contributed by atoms with Gasteiger partial charge in [0, 0.05) is 18.2 Å². The monoisotopic (exact) mass is 151 g/mol. The average Bonchev–Trinajstić information content (AvgIpc) is 1.87. The number of hydrogen-bond acceptors (Lipinski definition) is 1. The van der Waals surface area contributed by atoms with E-state index in [4.69, 9.17) is 6.42 Å². The number of terminal acetylenes is 1. The Morgan fingerprint density at radius 3 is 2.73 bits per heavy atom. The maximum atomic E-state index is 5.15. The fraction of sp³-hybridized carbons (Fsp3) is 0.700. The van der Waals surface area contributed by atoms with Crippen molar-refractivity contribution in [1.82, 2.24) is 0 Å². The van der Waals surface area contributed by atoms with Gasteiger partial charge in [-0.15, -0.1) is 12.3 Å². The van der Waals surface area contributed by atoms with E-state index >= 15 is 0 Å². The van der Waals surface area contributed by atoms with E-state index in [1.807, 2.05) is 6.92 Å². The van der Waals surface area contributed by atoms with Gasteiger partial charge in [-0.2, -0.15) is 0 Å². The molecular formula is C10H17N. The molecule has 0 bridgehead atoms. The van der Waals surface area contributed by atoms with Gasteiger partial charge in [0.15, 0.2) is 0 Å². The Kier molecular flexibility index (Phi) is 5.56. The largest absolute Gasteiger partial charge is 0.290 e. The number of aliphatic imine (C=N–C) groups is 1. The van der Waals surface area contributed by atoms with E-state index in [-0.39, 0.29) is 0 Å². The maximum absolute atomic E-state index is 5.15. The van der Waals surface area contributed by atoms with E-state index in [0.29, 0.717) is 12.5 Å². The summed E-state index contributed by atoms with van der Waals surface area (Å²) in [5, 5.41) is 0. The molecule has 0 amide bonds. The van der Waals surface area contributed by atoms with Crippen molar-refractivity contribution in [3.8, 4) is 12.3 Å². The summed E-state index contributed by atoms with van der Waals surface area (Å²) < 4.78 is 0. The summed E-state index contributed by atoms with van der Waals surface area (Å²) in [4.78, 5) is 4.43. The molecule has 0 rings (SSSR count). The van der Waals surface area contributed by atoms with Crippen LogP contribution in [0.15, 0.2) is 4.99 Å². The van der Waals surface area contributed by atoms with E-state index < -0.39 is 0 Å². The second-order valence-corrected chi connectivity index (χ2v) is 2.88. The van der Waals surface area contributed by atoms with Crippen LogP contribution in [0.4, 0.5) is 0 Å². The molecule has 0 aliphatic rings. The van der Waals surface area contributed by atoms with Crippen molar-refractivity contribution in [2.24, 2.45) is 4.99 Å². The molecule has 0 aromatic carbocycles. The van der Waals surface area contributed by atoms with Crippen molar-refractivity contribution in [3.05, 3.63) is 0 Å². The fourth-order valence-electron chi connectivity index (χ4n) is 1.05. The van der Waals surface area contributed by atoms with Gasteiger partial charge in [-0.3, -0.25) is 4.99 Å². The van der Waals surface area contributed by atoms with Gasteiger partial charge < -0.3 is 0 Å². The molecule has 0 N–H and O–H groups in total. The van der Waals surface area contributed by atoms with Crippen molar-refractivity contribution in [2.45, 2.75) is 46.1 Å². The normalized spacial score (nSPS) is 14.2. The number of nitrogens with zero attached hydrogens (tertiary/aromatic N) is 1. The molecule has 0 aliphatic carbocycles. The van der Waals surface area contributed by atoms with Gasteiger partial charge in [0.2, 0.25) is 0 Å². The van der Waals surface area contributed by atoms with Gasteiger partial charge in [0.1, 0.15) is 0 Å². The Bertz CT molecular complexity index is 162. The Labute approximate surface area is 69.9 Å². The zero-order valence-electron chi connectivity index (χ0n) is 7.72. The third-order valence-corrected chi connectivity index (χ3v) is 1.51. The summed E-state index contributed by atoms with van der Waals surface area (Å²) in [5.74, 6) is 2.58. The van der Waals surface area contributed by atoms with Crippen LogP contribution in [0.1, 0.15) is 40.0 Å². The standard InChI is InChI=1S/C10H17N/c1-5-7-9(3)11-10(4)8-6-2/h1,10H,6-8H2,2-4H3. The first-order valence-electron chi connectivity index (χ1n) is 4.17. The summed E-state index contributed by atoms with van der Waals surface area (Å²) in [6, 6.07) is 0.438. The highest BCUT2D eigenvalue weighted by Gasteiger charge is 1.96. The van der Waals surface area contributed by atoms with E-state index in [1.54, 1.807) is 0 Å². The number of rotatable bonds is 4. The van der Waals surface area contributed by atoms with Gasteiger partial charge in [-0.1, -0.05) is 13.3 Å². The Morgan fingerprint density at radius 2 is 2.27 bits per heavy atom. The summed E-state index contributed by atoms with van der Waals surface area (Å²) in [6.45, 7) is 6.29. The molecule has 1 unspecified atom stereocenters. The van der Waals surface area contributed by atoms with Crippen LogP contribution in [0.5, 0.6) is 0 Å². The zero-order chi connectivity index (χ0) is 8.69. The second kappa shape index (κ2) is 5.97. The van der Waals surface area contributed by atoms with E-state index in [2.05, 4.69) is 24.8 Å². The van der Waals surface area contributed by atoms with Crippen LogP contribution in [0.3, 0.4) is 0 Å². The van der Waals surface area contributed by atoms with E-state index in [1.165, 1.54) is 6.42 Å². The first kappa shape index (κ1) is 10.2. The summed E-state index contributed by atoms with van der Waals surface area (Å²) in [7, 11) is 0. The average molecular weight is 151 g/mol. The molecule has 0 radical (unpaired) electrons. The second-order valence-electron chi connectivity index (χ2n) is 2.88. The molecular weight excluding hydrogens is 134 g/mol. The van der Waals surface area contributed by atoms with Gasteiger partial charge >= 0.3 is 0 Å². The van der Waals surface area contributed by atoms with Gasteiger partial charge in [0.25, 0.3) is 0 Å². The summed E-state index contributed by atoms with van der Waals surface area (Å²) >= 11 is 0. The highest BCUT2D eigenvalue weighted by molar-refractivity contribution is 5.84. The molecule has 1 atom stereocenters. The van der Waals surface area contributed by atoms with Crippen LogP contribution in [0.25, 0.3) is 0 Å². The van der Waals surface area contributed by atoms with E-state index in [0.717, 1.165) is 12.1 Å². The van der Waals surface area contributed by atoms with Crippen molar-refractivity contribution in [1.29, 1.82) is 0 Å². The fourth-order valence-corrected chi connectivity index (χ4v) is 1.05. The van der Waals surface area contributed by atoms with Crippen LogP contribution in [-0.4, -0.2) is 11.8 Å². The zero-order valence-corrected chi connectivity index (χ0v) is 7.72. The van der Waals surface area contributed by atoms with Crippen molar-refractivity contribution in [2.75, 3.05) is 0 Å². The van der Waals surface area contributed by atoms with Crippen LogP contribution in [0, 0.1) is 12.3 Å². The molecule has 0 spiro atoms. The molecule has 0 aromatic rings. The minimum absolute atomic E-state index is 0.438. The Hall–Kier alpha value is -0.770. The third-order valence-electron chi connectivity index (χ3n) is 1.51.